The van der Waals surface area contributed by atoms with Gasteiger partial charge in [-0.1, -0.05) is 42.5 Å². The number of carbonyl (C=O) groups is 1. The number of esters is 1. The van der Waals surface area contributed by atoms with Crippen molar-refractivity contribution in [2.45, 2.75) is 12.8 Å². The summed E-state index contributed by atoms with van der Waals surface area (Å²) in [5, 5.41) is 0. The maximum absolute atomic E-state index is 11.2. The summed E-state index contributed by atoms with van der Waals surface area (Å²) in [6, 6.07) is 19.5. The van der Waals surface area contributed by atoms with Crippen LogP contribution in [-0.2, 0) is 16.0 Å². The average Bonchev–Trinajstić information content (AvgIpc) is 2.68. The molecule has 1 saturated heterocycles. The van der Waals surface area contributed by atoms with Crippen molar-refractivity contribution in [2.75, 3.05) is 44.7 Å². The third-order valence-corrected chi connectivity index (χ3v) is 4.78. The summed E-state index contributed by atoms with van der Waals surface area (Å²) < 4.78 is 4.71. The Kier molecular flexibility index (Phi) is 6.07. The van der Waals surface area contributed by atoms with Gasteiger partial charge >= 0.3 is 5.97 Å². The van der Waals surface area contributed by atoms with Gasteiger partial charge in [0.25, 0.3) is 0 Å². The smallest absolute Gasteiger partial charge is 0.306 e. The first-order chi connectivity index (χ1) is 12.2. The molecule has 2 aromatic rings. The van der Waals surface area contributed by atoms with E-state index in [0.717, 1.165) is 39.1 Å². The minimum Gasteiger partial charge on any atom is -0.469 e. The molecule has 1 aliphatic heterocycles. The Labute approximate surface area is 150 Å². The van der Waals surface area contributed by atoms with E-state index in [0.29, 0.717) is 6.42 Å². The van der Waals surface area contributed by atoms with Gasteiger partial charge in [0.2, 0.25) is 0 Å². The molecule has 0 spiro atoms. The van der Waals surface area contributed by atoms with Gasteiger partial charge in [0.15, 0.2) is 0 Å². The van der Waals surface area contributed by atoms with Gasteiger partial charge in [-0.3, -0.25) is 9.69 Å². The molecule has 1 aliphatic rings. The van der Waals surface area contributed by atoms with Crippen molar-refractivity contribution in [2.24, 2.45) is 0 Å². The van der Waals surface area contributed by atoms with Crippen molar-refractivity contribution in [3.63, 3.8) is 0 Å². The average molecular weight is 338 g/mol. The fraction of sp³-hybridized carbons (Fsp3) is 0.381. The molecule has 0 radical (unpaired) electrons. The van der Waals surface area contributed by atoms with E-state index in [4.69, 9.17) is 4.74 Å². The van der Waals surface area contributed by atoms with E-state index in [1.165, 1.54) is 23.9 Å². The molecule has 1 heterocycles. The lowest BCUT2D eigenvalue weighted by Crippen LogP contribution is -2.46. The number of anilines is 1. The van der Waals surface area contributed by atoms with Gasteiger partial charge in [-0.05, 0) is 29.7 Å². The molecule has 25 heavy (non-hydrogen) atoms. The van der Waals surface area contributed by atoms with E-state index in [1.807, 2.05) is 0 Å². The molecule has 0 amide bonds. The van der Waals surface area contributed by atoms with Crippen molar-refractivity contribution in [3.8, 4) is 0 Å². The maximum atomic E-state index is 11.2. The van der Waals surface area contributed by atoms with E-state index in [1.54, 1.807) is 0 Å². The SMILES string of the molecule is COC(=O)CCN1CCN(c2ccc(Cc3ccccc3)cc2)CC1. The van der Waals surface area contributed by atoms with Crippen LogP contribution in [0, 0.1) is 0 Å². The molecule has 0 saturated carbocycles. The predicted octanol–water partition coefficient (Wildman–Crippen LogP) is 2.96. The van der Waals surface area contributed by atoms with E-state index in [2.05, 4.69) is 64.4 Å². The number of benzene rings is 2. The van der Waals surface area contributed by atoms with Crippen LogP contribution < -0.4 is 4.90 Å². The number of nitrogens with zero attached hydrogens (tertiary/aromatic N) is 2. The minimum atomic E-state index is -0.128. The third-order valence-electron chi connectivity index (χ3n) is 4.78. The first-order valence-corrected chi connectivity index (χ1v) is 8.91. The molecule has 0 N–H and O–H groups in total. The monoisotopic (exact) mass is 338 g/mol. The minimum absolute atomic E-state index is 0.128. The molecule has 132 valence electrons. The van der Waals surface area contributed by atoms with E-state index < -0.39 is 0 Å². The van der Waals surface area contributed by atoms with E-state index in [-0.39, 0.29) is 5.97 Å². The topological polar surface area (TPSA) is 32.8 Å². The predicted molar refractivity (Wildman–Crippen MR) is 101 cm³/mol. The summed E-state index contributed by atoms with van der Waals surface area (Å²) in [6.45, 7) is 4.76. The number of piperazine rings is 1. The Morgan fingerprint density at radius 3 is 2.20 bits per heavy atom. The highest BCUT2D eigenvalue weighted by atomic mass is 16.5. The van der Waals surface area contributed by atoms with Crippen molar-refractivity contribution in [1.82, 2.24) is 4.90 Å². The summed E-state index contributed by atoms with van der Waals surface area (Å²) in [5.74, 6) is -0.128. The quantitative estimate of drug-likeness (QED) is 0.758. The van der Waals surface area contributed by atoms with Crippen LogP contribution in [0.15, 0.2) is 54.6 Å². The third kappa shape index (κ3) is 5.07. The fourth-order valence-electron chi connectivity index (χ4n) is 3.24. The summed E-state index contributed by atoms with van der Waals surface area (Å²) in [7, 11) is 1.45. The van der Waals surface area contributed by atoms with Gasteiger partial charge in [0, 0.05) is 38.4 Å². The fourth-order valence-corrected chi connectivity index (χ4v) is 3.24. The maximum Gasteiger partial charge on any atom is 0.306 e. The van der Waals surface area contributed by atoms with Crippen LogP contribution in [0.4, 0.5) is 5.69 Å². The second kappa shape index (κ2) is 8.67. The molecule has 1 fully saturated rings. The summed E-state index contributed by atoms with van der Waals surface area (Å²) >= 11 is 0. The molecule has 0 aromatic heterocycles. The number of hydrogen-bond donors (Lipinski definition) is 0. The van der Waals surface area contributed by atoms with Crippen LogP contribution in [0.25, 0.3) is 0 Å². The molecule has 4 heteroatoms. The summed E-state index contributed by atoms with van der Waals surface area (Å²) in [6.07, 6.45) is 1.45. The molecule has 4 nitrogen and oxygen atoms in total. The van der Waals surface area contributed by atoms with Gasteiger partial charge in [-0.2, -0.15) is 0 Å². The largest absolute Gasteiger partial charge is 0.469 e. The van der Waals surface area contributed by atoms with Crippen molar-refractivity contribution >= 4 is 11.7 Å². The molecular weight excluding hydrogens is 312 g/mol. The van der Waals surface area contributed by atoms with Gasteiger partial charge in [0.05, 0.1) is 13.5 Å². The Hall–Kier alpha value is -2.33. The van der Waals surface area contributed by atoms with Crippen LogP contribution in [0.5, 0.6) is 0 Å². The number of hydrogen-bond acceptors (Lipinski definition) is 4. The Bertz CT molecular complexity index is 662. The van der Waals surface area contributed by atoms with Gasteiger partial charge in [-0.25, -0.2) is 0 Å². The highest BCUT2D eigenvalue weighted by Crippen LogP contribution is 2.19. The zero-order chi connectivity index (χ0) is 17.5. The molecular formula is C21H26N2O2. The van der Waals surface area contributed by atoms with Crippen molar-refractivity contribution in [3.05, 3.63) is 65.7 Å². The highest BCUT2D eigenvalue weighted by Gasteiger charge is 2.17. The molecule has 0 aliphatic carbocycles. The number of ether oxygens (including phenoxy) is 1. The number of rotatable bonds is 6. The lowest BCUT2D eigenvalue weighted by atomic mass is 10.0. The Morgan fingerprint density at radius 2 is 1.56 bits per heavy atom. The zero-order valence-corrected chi connectivity index (χ0v) is 14.9. The van der Waals surface area contributed by atoms with Crippen molar-refractivity contribution in [1.29, 1.82) is 0 Å². The molecule has 0 atom stereocenters. The second-order valence-electron chi connectivity index (χ2n) is 6.48. The first-order valence-electron chi connectivity index (χ1n) is 8.91. The summed E-state index contributed by atoms with van der Waals surface area (Å²) in [5.41, 5.74) is 3.96. The molecule has 2 aromatic carbocycles. The van der Waals surface area contributed by atoms with Crippen LogP contribution in [0.3, 0.4) is 0 Å². The molecule has 0 bridgehead atoms. The highest BCUT2D eigenvalue weighted by molar-refractivity contribution is 5.69. The van der Waals surface area contributed by atoms with Crippen LogP contribution in [0.1, 0.15) is 17.5 Å². The van der Waals surface area contributed by atoms with Gasteiger partial charge in [-0.15, -0.1) is 0 Å². The van der Waals surface area contributed by atoms with Gasteiger partial charge < -0.3 is 9.64 Å². The molecule has 3 rings (SSSR count). The molecule has 0 unspecified atom stereocenters. The Balaban J connectivity index is 1.49. The lowest BCUT2D eigenvalue weighted by Gasteiger charge is -2.36. The van der Waals surface area contributed by atoms with Gasteiger partial charge in [0.1, 0.15) is 0 Å². The van der Waals surface area contributed by atoms with E-state index >= 15 is 0 Å². The summed E-state index contributed by atoms with van der Waals surface area (Å²) in [4.78, 5) is 16.0. The first kappa shape index (κ1) is 17.5. The zero-order valence-electron chi connectivity index (χ0n) is 14.9. The number of carbonyl (C=O) groups excluding carboxylic acids is 1. The number of methoxy groups -OCH3 is 1. The lowest BCUT2D eigenvalue weighted by molar-refractivity contribution is -0.141. The van der Waals surface area contributed by atoms with Crippen LogP contribution >= 0.6 is 0 Å². The Morgan fingerprint density at radius 1 is 0.920 bits per heavy atom. The second-order valence-corrected chi connectivity index (χ2v) is 6.48. The van der Waals surface area contributed by atoms with E-state index in [9.17, 15) is 4.79 Å². The van der Waals surface area contributed by atoms with Crippen molar-refractivity contribution < 1.29 is 9.53 Å². The van der Waals surface area contributed by atoms with Crippen LogP contribution in [0.2, 0.25) is 0 Å². The normalized spacial score (nSPS) is 15.2. The van der Waals surface area contributed by atoms with Crippen LogP contribution in [-0.4, -0.2) is 50.7 Å². The standard InChI is InChI=1S/C21H26N2O2/c1-25-21(24)11-12-22-13-15-23(16-14-22)20-9-7-19(8-10-20)17-18-5-3-2-4-6-18/h2-10H,11-17H2,1H3.